The van der Waals surface area contributed by atoms with Crippen LogP contribution in [0.25, 0.3) is 0 Å². The van der Waals surface area contributed by atoms with Gasteiger partial charge in [-0.3, -0.25) is 9.59 Å². The van der Waals surface area contributed by atoms with E-state index in [2.05, 4.69) is 10.6 Å². The Kier molecular flexibility index (Phi) is 6.42. The molecule has 0 unspecified atom stereocenters. The second-order valence-electron chi connectivity index (χ2n) is 5.70. The van der Waals surface area contributed by atoms with Gasteiger partial charge in [-0.2, -0.15) is 0 Å². The molecule has 0 spiro atoms. The molecule has 25 heavy (non-hydrogen) atoms. The standard InChI is InChI=1S/C19H21ClN2O3/c1-4-18(23)21-14-6-7-15(20)16(10-14)22-19(24)11-25-17-8-5-12(2)9-13(17)3/h5-10H,4,11H2,1-3H3,(H,21,23)(H,22,24). The highest BCUT2D eigenvalue weighted by Gasteiger charge is 2.10. The largest absolute Gasteiger partial charge is 0.483 e. The smallest absolute Gasteiger partial charge is 0.262 e. The molecule has 2 aromatic rings. The maximum absolute atomic E-state index is 12.1. The van der Waals surface area contributed by atoms with Crippen LogP contribution in [0.2, 0.25) is 5.02 Å². The zero-order chi connectivity index (χ0) is 18.4. The van der Waals surface area contributed by atoms with Crippen LogP contribution in [0.1, 0.15) is 24.5 Å². The molecule has 0 aliphatic rings. The first-order valence-electron chi connectivity index (χ1n) is 7.98. The van der Waals surface area contributed by atoms with Gasteiger partial charge in [0.1, 0.15) is 5.75 Å². The first-order valence-corrected chi connectivity index (χ1v) is 8.36. The van der Waals surface area contributed by atoms with Crippen molar-refractivity contribution in [1.29, 1.82) is 0 Å². The van der Waals surface area contributed by atoms with Crippen molar-refractivity contribution in [3.8, 4) is 5.75 Å². The number of ether oxygens (including phenoxy) is 1. The molecule has 0 bridgehead atoms. The van der Waals surface area contributed by atoms with Crippen LogP contribution >= 0.6 is 11.6 Å². The summed E-state index contributed by atoms with van der Waals surface area (Å²) in [6.45, 7) is 5.55. The van der Waals surface area contributed by atoms with Gasteiger partial charge < -0.3 is 15.4 Å². The van der Waals surface area contributed by atoms with E-state index in [-0.39, 0.29) is 18.4 Å². The van der Waals surface area contributed by atoms with E-state index in [4.69, 9.17) is 16.3 Å². The minimum atomic E-state index is -0.333. The van der Waals surface area contributed by atoms with Crippen molar-refractivity contribution < 1.29 is 14.3 Å². The number of carbonyl (C=O) groups is 2. The lowest BCUT2D eigenvalue weighted by Gasteiger charge is -2.12. The van der Waals surface area contributed by atoms with Crippen LogP contribution in [0.5, 0.6) is 5.75 Å². The number of benzene rings is 2. The summed E-state index contributed by atoms with van der Waals surface area (Å²) in [5.41, 5.74) is 3.09. The van der Waals surface area contributed by atoms with Gasteiger partial charge >= 0.3 is 0 Å². The number of nitrogens with one attached hydrogen (secondary N) is 2. The molecular formula is C19H21ClN2O3. The highest BCUT2D eigenvalue weighted by Crippen LogP contribution is 2.26. The highest BCUT2D eigenvalue weighted by molar-refractivity contribution is 6.33. The monoisotopic (exact) mass is 360 g/mol. The molecule has 0 atom stereocenters. The highest BCUT2D eigenvalue weighted by atomic mass is 35.5. The Balaban J connectivity index is 1.99. The van der Waals surface area contributed by atoms with Gasteiger partial charge in [-0.25, -0.2) is 0 Å². The van der Waals surface area contributed by atoms with Crippen molar-refractivity contribution in [2.24, 2.45) is 0 Å². The molecule has 2 N–H and O–H groups in total. The Morgan fingerprint density at radius 2 is 1.80 bits per heavy atom. The molecular weight excluding hydrogens is 340 g/mol. The molecule has 2 aromatic carbocycles. The van der Waals surface area contributed by atoms with Crippen molar-refractivity contribution in [1.82, 2.24) is 0 Å². The maximum atomic E-state index is 12.1. The van der Waals surface area contributed by atoms with Gasteiger partial charge in [0.25, 0.3) is 5.91 Å². The Labute approximate surface area is 152 Å². The second kappa shape index (κ2) is 8.53. The number of rotatable bonds is 6. The van der Waals surface area contributed by atoms with Crippen molar-refractivity contribution in [3.05, 3.63) is 52.5 Å². The Morgan fingerprint density at radius 1 is 1.04 bits per heavy atom. The van der Waals surface area contributed by atoms with Gasteiger partial charge in [0.2, 0.25) is 5.91 Å². The lowest BCUT2D eigenvalue weighted by Crippen LogP contribution is -2.20. The van der Waals surface area contributed by atoms with E-state index in [9.17, 15) is 9.59 Å². The third-order valence-corrected chi connectivity index (χ3v) is 3.86. The van der Waals surface area contributed by atoms with E-state index >= 15 is 0 Å². The van der Waals surface area contributed by atoms with E-state index in [0.717, 1.165) is 11.1 Å². The zero-order valence-electron chi connectivity index (χ0n) is 14.5. The number of amides is 2. The number of halogens is 1. The number of aryl methyl sites for hydroxylation is 2. The quantitative estimate of drug-likeness (QED) is 0.806. The third-order valence-electron chi connectivity index (χ3n) is 3.53. The summed E-state index contributed by atoms with van der Waals surface area (Å²) < 4.78 is 5.55. The summed E-state index contributed by atoms with van der Waals surface area (Å²) in [7, 11) is 0. The lowest BCUT2D eigenvalue weighted by molar-refractivity contribution is -0.118. The zero-order valence-corrected chi connectivity index (χ0v) is 15.2. The minimum Gasteiger partial charge on any atom is -0.483 e. The van der Waals surface area contributed by atoms with E-state index in [0.29, 0.717) is 28.6 Å². The molecule has 0 radical (unpaired) electrons. The summed E-state index contributed by atoms with van der Waals surface area (Å²) in [5.74, 6) is 0.217. The van der Waals surface area contributed by atoms with E-state index in [1.54, 1.807) is 25.1 Å². The van der Waals surface area contributed by atoms with Crippen LogP contribution in [0.15, 0.2) is 36.4 Å². The predicted octanol–water partition coefficient (Wildman–Crippen LogP) is 4.32. The van der Waals surface area contributed by atoms with Gasteiger partial charge in [0.15, 0.2) is 6.61 Å². The molecule has 5 nitrogen and oxygen atoms in total. The second-order valence-corrected chi connectivity index (χ2v) is 6.11. The molecule has 0 aliphatic heterocycles. The Hall–Kier alpha value is -2.53. The van der Waals surface area contributed by atoms with Crippen LogP contribution < -0.4 is 15.4 Å². The summed E-state index contributed by atoms with van der Waals surface area (Å²) in [5, 5.41) is 5.80. The van der Waals surface area contributed by atoms with Crippen molar-refractivity contribution in [2.45, 2.75) is 27.2 Å². The van der Waals surface area contributed by atoms with Crippen LogP contribution in [0.4, 0.5) is 11.4 Å². The fourth-order valence-corrected chi connectivity index (χ4v) is 2.40. The van der Waals surface area contributed by atoms with Crippen molar-refractivity contribution in [3.63, 3.8) is 0 Å². The van der Waals surface area contributed by atoms with Crippen LogP contribution in [-0.2, 0) is 9.59 Å². The average Bonchev–Trinajstić information content (AvgIpc) is 2.57. The number of hydrogen-bond acceptors (Lipinski definition) is 3. The van der Waals surface area contributed by atoms with Gasteiger partial charge in [0.05, 0.1) is 10.7 Å². The Bertz CT molecular complexity index is 790. The molecule has 0 saturated carbocycles. The van der Waals surface area contributed by atoms with Crippen LogP contribution in [0.3, 0.4) is 0 Å². The van der Waals surface area contributed by atoms with E-state index in [1.165, 1.54) is 0 Å². The third kappa shape index (κ3) is 5.50. The lowest BCUT2D eigenvalue weighted by atomic mass is 10.1. The Morgan fingerprint density at radius 3 is 2.48 bits per heavy atom. The fraction of sp³-hybridized carbons (Fsp3) is 0.263. The van der Waals surface area contributed by atoms with E-state index < -0.39 is 0 Å². The summed E-state index contributed by atoms with van der Waals surface area (Å²) in [6.07, 6.45) is 0.369. The van der Waals surface area contributed by atoms with Gasteiger partial charge in [-0.1, -0.05) is 36.2 Å². The van der Waals surface area contributed by atoms with Gasteiger partial charge in [0, 0.05) is 12.1 Å². The minimum absolute atomic E-state index is 0.113. The molecule has 6 heteroatoms. The molecule has 2 rings (SSSR count). The first kappa shape index (κ1) is 18.8. The molecule has 0 aromatic heterocycles. The molecule has 2 amide bonds. The summed E-state index contributed by atoms with van der Waals surface area (Å²) in [6, 6.07) is 10.7. The molecule has 0 aliphatic carbocycles. The molecule has 0 saturated heterocycles. The number of anilines is 2. The SMILES string of the molecule is CCC(=O)Nc1ccc(Cl)c(NC(=O)COc2ccc(C)cc2C)c1. The maximum Gasteiger partial charge on any atom is 0.262 e. The first-order chi connectivity index (χ1) is 11.9. The number of carbonyl (C=O) groups excluding carboxylic acids is 2. The average molecular weight is 361 g/mol. The van der Waals surface area contributed by atoms with Crippen LogP contribution in [0, 0.1) is 13.8 Å². The van der Waals surface area contributed by atoms with Crippen molar-refractivity contribution >= 4 is 34.8 Å². The molecule has 0 heterocycles. The number of hydrogen-bond donors (Lipinski definition) is 2. The van der Waals surface area contributed by atoms with Gasteiger partial charge in [-0.15, -0.1) is 0 Å². The topological polar surface area (TPSA) is 67.4 Å². The molecule has 132 valence electrons. The summed E-state index contributed by atoms with van der Waals surface area (Å²) >= 11 is 6.10. The predicted molar refractivity (Wildman–Crippen MR) is 100 cm³/mol. The fourth-order valence-electron chi connectivity index (χ4n) is 2.24. The normalized spacial score (nSPS) is 10.2. The van der Waals surface area contributed by atoms with E-state index in [1.807, 2.05) is 32.0 Å². The van der Waals surface area contributed by atoms with Crippen molar-refractivity contribution in [2.75, 3.05) is 17.2 Å². The van der Waals surface area contributed by atoms with Crippen LogP contribution in [-0.4, -0.2) is 18.4 Å². The van der Waals surface area contributed by atoms with Gasteiger partial charge in [-0.05, 0) is 43.7 Å². The molecule has 0 fully saturated rings. The summed E-state index contributed by atoms with van der Waals surface area (Å²) in [4.78, 5) is 23.6.